The Morgan fingerprint density at radius 3 is 2.19 bits per heavy atom. The quantitative estimate of drug-likeness (QED) is 0.398. The summed E-state index contributed by atoms with van der Waals surface area (Å²) in [5, 5.41) is 0. The molecule has 0 amide bonds. The first-order valence-electron chi connectivity index (χ1n) is 4.82. The summed E-state index contributed by atoms with van der Waals surface area (Å²) in [5.41, 5.74) is -2.33. The second kappa shape index (κ2) is 8.02. The summed E-state index contributed by atoms with van der Waals surface area (Å²) in [4.78, 5) is 0. The summed E-state index contributed by atoms with van der Waals surface area (Å²) in [7, 11) is -3.88. The first-order chi connectivity index (χ1) is 7.33. The molecule has 5 nitrogen and oxygen atoms in total. The van der Waals surface area contributed by atoms with Gasteiger partial charge in [-0.3, -0.25) is 4.55 Å². The lowest BCUT2D eigenvalue weighted by Crippen LogP contribution is -2.04. The zero-order chi connectivity index (χ0) is 12.7. The van der Waals surface area contributed by atoms with Crippen LogP contribution >= 0.6 is 17.1 Å². The fourth-order valence-corrected chi connectivity index (χ4v) is 6.33. The van der Waals surface area contributed by atoms with Crippen LogP contribution in [-0.2, 0) is 31.0 Å². The van der Waals surface area contributed by atoms with Crippen molar-refractivity contribution in [3.05, 3.63) is 0 Å². The van der Waals surface area contributed by atoms with Crippen LogP contribution in [0.15, 0.2) is 0 Å². The van der Waals surface area contributed by atoms with Crippen LogP contribution in [-0.4, -0.2) is 37.7 Å². The molecule has 9 heteroatoms. The molecule has 0 aromatic heterocycles. The standard InChI is InChI=1S/C7H17O5PS3/c1-3-11-13(14,12-4-2)15-6-5-7-16(8,9)10/h3-7H2,1-2H3,(H,8,9,10). The van der Waals surface area contributed by atoms with Crippen LogP contribution in [0.1, 0.15) is 20.3 Å². The van der Waals surface area contributed by atoms with Crippen molar-refractivity contribution >= 4 is 39.0 Å². The molecule has 0 aromatic carbocycles. The largest absolute Gasteiger partial charge is 0.322 e. The Labute approximate surface area is 106 Å². The Kier molecular flexibility index (Phi) is 8.44. The number of rotatable bonds is 9. The SMILES string of the molecule is CCOP(=S)(OCC)SCCCS(=O)(=O)O. The molecule has 0 radical (unpaired) electrons. The third-order valence-corrected chi connectivity index (χ3v) is 7.82. The second-order valence-corrected chi connectivity index (χ2v) is 10.8. The van der Waals surface area contributed by atoms with Gasteiger partial charge in [-0.1, -0.05) is 11.4 Å². The van der Waals surface area contributed by atoms with Gasteiger partial charge in [0.25, 0.3) is 10.1 Å². The van der Waals surface area contributed by atoms with Gasteiger partial charge in [-0.15, -0.1) is 0 Å². The molecule has 0 fully saturated rings. The first-order valence-corrected chi connectivity index (χ1v) is 10.7. The van der Waals surface area contributed by atoms with E-state index in [0.29, 0.717) is 25.4 Å². The van der Waals surface area contributed by atoms with Gasteiger partial charge in [0.05, 0.1) is 19.0 Å². The maximum absolute atomic E-state index is 10.5. The number of hydrogen-bond acceptors (Lipinski definition) is 6. The van der Waals surface area contributed by atoms with Crippen LogP contribution in [0.5, 0.6) is 0 Å². The molecule has 16 heavy (non-hydrogen) atoms. The fraction of sp³-hybridized carbons (Fsp3) is 1.00. The van der Waals surface area contributed by atoms with Crippen LogP contribution in [0.4, 0.5) is 0 Å². The zero-order valence-corrected chi connectivity index (χ0v) is 12.6. The van der Waals surface area contributed by atoms with Crippen molar-refractivity contribution in [2.24, 2.45) is 0 Å². The van der Waals surface area contributed by atoms with Crippen molar-refractivity contribution < 1.29 is 22.0 Å². The van der Waals surface area contributed by atoms with Crippen molar-refractivity contribution in [2.45, 2.75) is 20.3 Å². The van der Waals surface area contributed by atoms with Crippen molar-refractivity contribution in [3.8, 4) is 0 Å². The maximum atomic E-state index is 10.5. The van der Waals surface area contributed by atoms with Crippen LogP contribution < -0.4 is 0 Å². The zero-order valence-electron chi connectivity index (χ0n) is 9.29. The monoisotopic (exact) mass is 308 g/mol. The van der Waals surface area contributed by atoms with Gasteiger partial charge in [0.2, 0.25) is 5.69 Å². The minimum absolute atomic E-state index is 0.256. The predicted octanol–water partition coefficient (Wildman–Crippen LogP) is 2.30. The highest BCUT2D eigenvalue weighted by Crippen LogP contribution is 2.60. The predicted molar refractivity (Wildman–Crippen MR) is 71.0 cm³/mol. The van der Waals surface area contributed by atoms with Crippen molar-refractivity contribution in [1.82, 2.24) is 0 Å². The van der Waals surface area contributed by atoms with Crippen molar-refractivity contribution in [3.63, 3.8) is 0 Å². The molecule has 0 bridgehead atoms. The molecule has 0 saturated heterocycles. The Morgan fingerprint density at radius 1 is 1.31 bits per heavy atom. The Hall–Kier alpha value is 0.830. The van der Waals surface area contributed by atoms with E-state index < -0.39 is 15.8 Å². The lowest BCUT2D eigenvalue weighted by molar-refractivity contribution is 0.280. The molecular formula is C7H17O5PS3. The van der Waals surface area contributed by atoms with Gasteiger partial charge in [0, 0.05) is 5.75 Å². The molecule has 0 aliphatic carbocycles. The number of hydrogen-bond donors (Lipinski definition) is 1. The smallest absolute Gasteiger partial charge is 0.264 e. The lowest BCUT2D eigenvalue weighted by atomic mass is 10.6. The first kappa shape index (κ1) is 16.8. The third-order valence-electron chi connectivity index (χ3n) is 1.37. The van der Waals surface area contributed by atoms with Gasteiger partial charge in [-0.2, -0.15) is 8.42 Å². The molecular weight excluding hydrogens is 291 g/mol. The molecule has 0 unspecified atom stereocenters. The van der Waals surface area contributed by atoms with Gasteiger partial charge >= 0.3 is 0 Å². The average Bonchev–Trinajstić information content (AvgIpc) is 2.12. The second-order valence-electron chi connectivity index (χ2n) is 2.76. The normalized spacial score (nSPS) is 12.9. The molecule has 0 saturated carbocycles. The summed E-state index contributed by atoms with van der Waals surface area (Å²) in [6.07, 6.45) is 0.335. The van der Waals surface area contributed by atoms with Gasteiger partial charge < -0.3 is 9.05 Å². The molecule has 0 heterocycles. The van der Waals surface area contributed by atoms with Crippen LogP contribution in [0, 0.1) is 0 Å². The molecule has 0 aromatic rings. The average molecular weight is 308 g/mol. The molecule has 1 N–H and O–H groups in total. The van der Waals surface area contributed by atoms with E-state index in [9.17, 15) is 8.42 Å². The highest BCUT2D eigenvalue weighted by molar-refractivity contribution is 8.67. The van der Waals surface area contributed by atoms with E-state index in [0.717, 1.165) is 0 Å². The molecule has 98 valence electrons. The maximum Gasteiger partial charge on any atom is 0.264 e. The summed E-state index contributed by atoms with van der Waals surface area (Å²) in [6, 6.07) is 0. The molecule has 0 spiro atoms. The minimum atomic E-state index is -3.88. The highest BCUT2D eigenvalue weighted by Gasteiger charge is 2.18. The van der Waals surface area contributed by atoms with E-state index in [1.807, 2.05) is 13.8 Å². The van der Waals surface area contributed by atoms with Crippen LogP contribution in [0.2, 0.25) is 0 Å². The summed E-state index contributed by atoms with van der Waals surface area (Å²) in [6.45, 7) is 4.61. The Bertz CT molecular complexity index is 319. The third kappa shape index (κ3) is 8.92. The fourth-order valence-electron chi connectivity index (χ4n) is 0.846. The lowest BCUT2D eigenvalue weighted by Gasteiger charge is -2.19. The topological polar surface area (TPSA) is 72.8 Å². The molecule has 0 aliphatic heterocycles. The van der Waals surface area contributed by atoms with Crippen LogP contribution in [0.3, 0.4) is 0 Å². The Morgan fingerprint density at radius 2 is 1.81 bits per heavy atom. The minimum Gasteiger partial charge on any atom is -0.322 e. The Balaban J connectivity index is 3.99. The van der Waals surface area contributed by atoms with E-state index in [1.54, 1.807) is 0 Å². The van der Waals surface area contributed by atoms with E-state index in [4.69, 9.17) is 25.4 Å². The van der Waals surface area contributed by atoms with Gasteiger partial charge in [0.15, 0.2) is 0 Å². The van der Waals surface area contributed by atoms with E-state index in [-0.39, 0.29) is 5.75 Å². The molecule has 0 atom stereocenters. The highest BCUT2D eigenvalue weighted by atomic mass is 32.9. The van der Waals surface area contributed by atoms with Gasteiger partial charge in [-0.25, -0.2) is 0 Å². The summed E-state index contributed by atoms with van der Waals surface area (Å²) < 4.78 is 40.2. The van der Waals surface area contributed by atoms with Crippen molar-refractivity contribution in [1.29, 1.82) is 0 Å². The van der Waals surface area contributed by atoms with E-state index in [1.165, 1.54) is 11.4 Å². The summed E-state index contributed by atoms with van der Waals surface area (Å²) in [5.74, 6) is 0.241. The van der Waals surface area contributed by atoms with Gasteiger partial charge in [-0.05, 0) is 32.1 Å². The van der Waals surface area contributed by atoms with Crippen molar-refractivity contribution in [2.75, 3.05) is 24.7 Å². The summed E-state index contributed by atoms with van der Waals surface area (Å²) >= 11 is 6.54. The van der Waals surface area contributed by atoms with Gasteiger partial charge in [0.1, 0.15) is 0 Å². The van der Waals surface area contributed by atoms with Crippen LogP contribution in [0.25, 0.3) is 0 Å². The molecule has 0 rings (SSSR count). The van der Waals surface area contributed by atoms with E-state index in [2.05, 4.69) is 0 Å². The molecule has 0 aliphatic rings. The van der Waals surface area contributed by atoms with E-state index >= 15 is 0 Å².